The third-order valence-electron chi connectivity index (χ3n) is 2.57. The Labute approximate surface area is 76.6 Å². The number of nitrogens with zero attached hydrogens (tertiary/aromatic N) is 1. The summed E-state index contributed by atoms with van der Waals surface area (Å²) in [4.78, 5) is 5.80. The maximum atomic E-state index is 5.68. The van der Waals surface area contributed by atoms with Gasteiger partial charge in [0.15, 0.2) is 0 Å². The van der Waals surface area contributed by atoms with E-state index in [-0.39, 0.29) is 5.54 Å². The second kappa shape index (κ2) is 2.75. The molecule has 1 aliphatic heterocycles. The van der Waals surface area contributed by atoms with Crippen LogP contribution >= 0.6 is 11.8 Å². The summed E-state index contributed by atoms with van der Waals surface area (Å²) in [6.07, 6.45) is 6.35. The number of hydrogen-bond acceptors (Lipinski definition) is 3. The van der Waals surface area contributed by atoms with E-state index in [0.29, 0.717) is 12.5 Å². The topological polar surface area (TPSA) is 38.4 Å². The van der Waals surface area contributed by atoms with Crippen LogP contribution in [0.4, 0.5) is 0 Å². The summed E-state index contributed by atoms with van der Waals surface area (Å²) in [7, 11) is 0. The van der Waals surface area contributed by atoms with Crippen LogP contribution in [0, 0.1) is 5.92 Å². The fourth-order valence-corrected chi connectivity index (χ4v) is 2.62. The Morgan fingerprint density at radius 3 is 3.33 bits per heavy atom. The SMILES string of the molecule is CC12N=CSC1=CC=CC2CN. The minimum atomic E-state index is -0.0613. The first-order valence-electron chi connectivity index (χ1n) is 4.07. The quantitative estimate of drug-likeness (QED) is 0.665. The van der Waals surface area contributed by atoms with Gasteiger partial charge in [-0.05, 0) is 6.92 Å². The van der Waals surface area contributed by atoms with Gasteiger partial charge in [-0.3, -0.25) is 4.99 Å². The van der Waals surface area contributed by atoms with Gasteiger partial charge in [0.05, 0.1) is 11.1 Å². The third-order valence-corrected chi connectivity index (χ3v) is 3.58. The Morgan fingerprint density at radius 2 is 2.58 bits per heavy atom. The lowest BCUT2D eigenvalue weighted by molar-refractivity contribution is 0.434. The molecule has 0 bridgehead atoms. The summed E-state index contributed by atoms with van der Waals surface area (Å²) >= 11 is 1.71. The highest BCUT2D eigenvalue weighted by atomic mass is 32.2. The van der Waals surface area contributed by atoms with Gasteiger partial charge in [0.1, 0.15) is 0 Å². The molecule has 0 amide bonds. The highest BCUT2D eigenvalue weighted by Crippen LogP contribution is 2.43. The van der Waals surface area contributed by atoms with Gasteiger partial charge in [-0.2, -0.15) is 0 Å². The fourth-order valence-electron chi connectivity index (χ4n) is 1.63. The molecule has 2 nitrogen and oxygen atoms in total. The maximum absolute atomic E-state index is 5.68. The zero-order valence-electron chi connectivity index (χ0n) is 7.03. The van der Waals surface area contributed by atoms with Crippen LogP contribution in [0.2, 0.25) is 0 Å². The molecule has 0 aromatic heterocycles. The Bertz CT molecular complexity index is 280. The van der Waals surface area contributed by atoms with Crippen molar-refractivity contribution in [2.45, 2.75) is 12.5 Å². The normalized spacial score (nSPS) is 38.2. The van der Waals surface area contributed by atoms with Crippen LogP contribution in [0.5, 0.6) is 0 Å². The third kappa shape index (κ3) is 0.967. The lowest BCUT2D eigenvalue weighted by atomic mass is 9.82. The number of nitrogens with two attached hydrogens (primary N) is 1. The molecule has 2 aliphatic rings. The predicted octanol–water partition coefficient (Wildman–Crippen LogP) is 1.55. The molecular weight excluding hydrogens is 168 g/mol. The number of rotatable bonds is 1. The van der Waals surface area contributed by atoms with E-state index >= 15 is 0 Å². The Hall–Kier alpha value is -0.540. The highest BCUT2D eigenvalue weighted by molar-refractivity contribution is 8.15. The number of allylic oxidation sites excluding steroid dienone is 2. The van der Waals surface area contributed by atoms with Crippen molar-refractivity contribution >= 4 is 17.3 Å². The van der Waals surface area contributed by atoms with Crippen molar-refractivity contribution in [1.82, 2.24) is 0 Å². The minimum Gasteiger partial charge on any atom is -0.330 e. The summed E-state index contributed by atoms with van der Waals surface area (Å²) in [5.41, 5.74) is 7.54. The van der Waals surface area contributed by atoms with Crippen molar-refractivity contribution in [2.75, 3.05) is 6.54 Å². The van der Waals surface area contributed by atoms with Gasteiger partial charge >= 0.3 is 0 Å². The number of fused-ring (bicyclic) bond motifs is 1. The van der Waals surface area contributed by atoms with Crippen LogP contribution in [0.3, 0.4) is 0 Å². The van der Waals surface area contributed by atoms with Gasteiger partial charge in [0.2, 0.25) is 0 Å². The van der Waals surface area contributed by atoms with Crippen molar-refractivity contribution in [3.8, 4) is 0 Å². The number of hydrogen-bond donors (Lipinski definition) is 1. The minimum absolute atomic E-state index is 0.0613. The molecule has 3 heteroatoms. The predicted molar refractivity (Wildman–Crippen MR) is 54.3 cm³/mol. The zero-order valence-corrected chi connectivity index (χ0v) is 7.84. The van der Waals surface area contributed by atoms with E-state index < -0.39 is 0 Å². The van der Waals surface area contributed by atoms with E-state index in [9.17, 15) is 0 Å². The van der Waals surface area contributed by atoms with Gasteiger partial charge in [0, 0.05) is 17.4 Å². The summed E-state index contributed by atoms with van der Waals surface area (Å²) < 4.78 is 0. The monoisotopic (exact) mass is 180 g/mol. The van der Waals surface area contributed by atoms with E-state index in [1.54, 1.807) is 11.8 Å². The van der Waals surface area contributed by atoms with E-state index in [4.69, 9.17) is 5.73 Å². The average Bonchev–Trinajstić information content (AvgIpc) is 2.45. The summed E-state index contributed by atoms with van der Waals surface area (Å²) in [5, 5.41) is 0. The molecule has 12 heavy (non-hydrogen) atoms. The van der Waals surface area contributed by atoms with Gasteiger partial charge in [-0.15, -0.1) is 0 Å². The Kier molecular flexibility index (Phi) is 1.85. The standard InChI is InChI=1S/C9H12N2S/c1-9-7(5-10)3-2-4-8(9)12-6-11-9/h2-4,6-7H,5,10H2,1H3. The van der Waals surface area contributed by atoms with E-state index in [2.05, 4.69) is 30.1 Å². The van der Waals surface area contributed by atoms with Crippen LogP contribution in [-0.2, 0) is 0 Å². The molecule has 0 spiro atoms. The van der Waals surface area contributed by atoms with Crippen molar-refractivity contribution in [3.63, 3.8) is 0 Å². The van der Waals surface area contributed by atoms with E-state index in [1.807, 2.05) is 5.55 Å². The van der Waals surface area contributed by atoms with Crippen molar-refractivity contribution < 1.29 is 0 Å². The molecule has 2 rings (SSSR count). The average molecular weight is 180 g/mol. The maximum Gasteiger partial charge on any atom is 0.0970 e. The molecule has 2 atom stereocenters. The summed E-state index contributed by atoms with van der Waals surface area (Å²) in [6, 6.07) is 0. The molecule has 0 aromatic carbocycles. The molecule has 64 valence electrons. The smallest absolute Gasteiger partial charge is 0.0970 e. The first kappa shape index (κ1) is 8.08. The van der Waals surface area contributed by atoms with Gasteiger partial charge in [-0.25, -0.2) is 0 Å². The molecule has 2 N–H and O–H groups in total. The fraction of sp³-hybridized carbons (Fsp3) is 0.444. The molecule has 0 saturated heterocycles. The number of aliphatic imine (C=N–C) groups is 1. The molecule has 0 fully saturated rings. The lowest BCUT2D eigenvalue weighted by Crippen LogP contribution is -2.37. The second-order valence-electron chi connectivity index (χ2n) is 3.26. The van der Waals surface area contributed by atoms with Crippen LogP contribution < -0.4 is 5.73 Å². The molecular formula is C9H12N2S. The van der Waals surface area contributed by atoms with Crippen molar-refractivity contribution in [3.05, 3.63) is 23.1 Å². The summed E-state index contributed by atoms with van der Waals surface area (Å²) in [5.74, 6) is 0.365. The molecule has 2 unspecified atom stereocenters. The zero-order chi connectivity index (χ0) is 8.60. The summed E-state index contributed by atoms with van der Waals surface area (Å²) in [6.45, 7) is 2.82. The molecule has 1 aliphatic carbocycles. The van der Waals surface area contributed by atoms with Crippen molar-refractivity contribution in [1.29, 1.82) is 0 Å². The largest absolute Gasteiger partial charge is 0.330 e. The molecule has 1 heterocycles. The first-order chi connectivity index (χ1) is 5.77. The first-order valence-corrected chi connectivity index (χ1v) is 4.95. The van der Waals surface area contributed by atoms with Crippen molar-refractivity contribution in [2.24, 2.45) is 16.6 Å². The van der Waals surface area contributed by atoms with Crippen LogP contribution in [-0.4, -0.2) is 17.6 Å². The Morgan fingerprint density at radius 1 is 1.75 bits per heavy atom. The molecule has 0 saturated carbocycles. The second-order valence-corrected chi connectivity index (χ2v) is 4.14. The number of thioether (sulfide) groups is 1. The molecule has 0 radical (unpaired) electrons. The van der Waals surface area contributed by atoms with E-state index in [1.165, 1.54) is 4.91 Å². The highest BCUT2D eigenvalue weighted by Gasteiger charge is 2.39. The Balaban J connectivity index is 2.38. The van der Waals surface area contributed by atoms with E-state index in [0.717, 1.165) is 0 Å². The van der Waals surface area contributed by atoms with Crippen LogP contribution in [0.25, 0.3) is 0 Å². The van der Waals surface area contributed by atoms with Gasteiger partial charge in [0.25, 0.3) is 0 Å². The van der Waals surface area contributed by atoms with Crippen LogP contribution in [0.15, 0.2) is 28.1 Å². The van der Waals surface area contributed by atoms with Gasteiger partial charge < -0.3 is 5.73 Å². The van der Waals surface area contributed by atoms with Gasteiger partial charge in [-0.1, -0.05) is 30.0 Å². The molecule has 0 aromatic rings. The lowest BCUT2D eigenvalue weighted by Gasteiger charge is -2.31. The van der Waals surface area contributed by atoms with Crippen LogP contribution in [0.1, 0.15) is 6.92 Å².